The first-order valence-electron chi connectivity index (χ1n) is 10.7. The molecule has 0 aliphatic carbocycles. The molecule has 4 rings (SSSR count). The van der Waals surface area contributed by atoms with Gasteiger partial charge in [0.2, 0.25) is 5.91 Å². The minimum absolute atomic E-state index is 0.101. The van der Waals surface area contributed by atoms with Crippen molar-refractivity contribution >= 4 is 11.6 Å². The zero-order chi connectivity index (χ0) is 20.2. The monoisotopic (exact) mass is 397 g/mol. The highest BCUT2D eigenvalue weighted by molar-refractivity contribution is 5.75. The van der Waals surface area contributed by atoms with Crippen molar-refractivity contribution in [3.63, 3.8) is 0 Å². The molecule has 1 aromatic heterocycles. The maximum absolute atomic E-state index is 12.5. The Bertz CT molecular complexity index is 814. The molecule has 2 fully saturated rings. The smallest absolute Gasteiger partial charge is 0.244 e. The Hall–Kier alpha value is -2.48. The molecule has 8 heteroatoms. The molecule has 0 saturated carbocycles. The highest BCUT2D eigenvalue weighted by Gasteiger charge is 2.28. The Morgan fingerprint density at radius 1 is 1.07 bits per heavy atom. The van der Waals surface area contributed by atoms with E-state index in [2.05, 4.69) is 57.4 Å². The first kappa shape index (κ1) is 19.8. The van der Waals surface area contributed by atoms with Crippen LogP contribution in [0.3, 0.4) is 0 Å². The number of aromatic nitrogens is 4. The highest BCUT2D eigenvalue weighted by atomic mass is 16.2. The summed E-state index contributed by atoms with van der Waals surface area (Å²) in [5.74, 6) is 0.101. The summed E-state index contributed by atoms with van der Waals surface area (Å²) >= 11 is 0. The molecule has 2 aliphatic rings. The van der Waals surface area contributed by atoms with E-state index in [4.69, 9.17) is 0 Å². The number of amides is 1. The summed E-state index contributed by atoms with van der Waals surface area (Å²) < 4.78 is 1.49. The average molecular weight is 398 g/mol. The van der Waals surface area contributed by atoms with Gasteiger partial charge in [-0.15, -0.1) is 5.10 Å². The van der Waals surface area contributed by atoms with Gasteiger partial charge in [0.1, 0.15) is 12.9 Å². The Morgan fingerprint density at radius 3 is 2.66 bits per heavy atom. The first-order valence-corrected chi connectivity index (χ1v) is 10.7. The summed E-state index contributed by atoms with van der Waals surface area (Å²) in [6.45, 7) is 10.5. The van der Waals surface area contributed by atoms with Crippen LogP contribution < -0.4 is 4.90 Å². The molecular formula is C21H31N7O. The fourth-order valence-electron chi connectivity index (χ4n) is 4.59. The molecule has 2 saturated heterocycles. The number of tetrazole rings is 1. The second-order valence-electron chi connectivity index (χ2n) is 8.21. The molecule has 0 spiro atoms. The van der Waals surface area contributed by atoms with Gasteiger partial charge in [0, 0.05) is 51.0 Å². The fourth-order valence-corrected chi connectivity index (χ4v) is 4.59. The lowest BCUT2D eigenvalue weighted by molar-refractivity contribution is -0.132. The quantitative estimate of drug-likeness (QED) is 0.779. The Labute approximate surface area is 172 Å². The molecule has 2 aromatic rings. The predicted octanol–water partition coefficient (Wildman–Crippen LogP) is 1.49. The average Bonchev–Trinajstić information content (AvgIpc) is 3.11. The third-order valence-corrected chi connectivity index (χ3v) is 6.47. The maximum Gasteiger partial charge on any atom is 0.244 e. The van der Waals surface area contributed by atoms with Crippen LogP contribution in [0.2, 0.25) is 0 Å². The molecule has 0 unspecified atom stereocenters. The van der Waals surface area contributed by atoms with E-state index >= 15 is 0 Å². The van der Waals surface area contributed by atoms with E-state index in [-0.39, 0.29) is 12.5 Å². The van der Waals surface area contributed by atoms with Crippen LogP contribution in [0.4, 0.5) is 5.69 Å². The van der Waals surface area contributed by atoms with E-state index in [0.717, 1.165) is 45.7 Å². The van der Waals surface area contributed by atoms with Gasteiger partial charge in [0.15, 0.2) is 0 Å². The lowest BCUT2D eigenvalue weighted by Gasteiger charge is -2.39. The zero-order valence-corrected chi connectivity index (χ0v) is 17.5. The lowest BCUT2D eigenvalue weighted by Crippen LogP contribution is -2.46. The van der Waals surface area contributed by atoms with Crippen molar-refractivity contribution < 1.29 is 4.79 Å². The number of piperidine rings is 1. The zero-order valence-electron chi connectivity index (χ0n) is 17.5. The van der Waals surface area contributed by atoms with Gasteiger partial charge in [-0.2, -0.15) is 0 Å². The van der Waals surface area contributed by atoms with Gasteiger partial charge < -0.3 is 9.80 Å². The Kier molecular flexibility index (Phi) is 6.08. The van der Waals surface area contributed by atoms with Crippen LogP contribution in [0.15, 0.2) is 24.5 Å². The first-order chi connectivity index (χ1) is 14.1. The number of rotatable bonds is 4. The predicted molar refractivity (Wildman–Crippen MR) is 112 cm³/mol. The second-order valence-corrected chi connectivity index (χ2v) is 8.21. The number of nitrogens with zero attached hydrogens (tertiary/aromatic N) is 7. The Balaban J connectivity index is 1.29. The molecule has 0 atom stereocenters. The third kappa shape index (κ3) is 4.58. The van der Waals surface area contributed by atoms with Crippen LogP contribution in [0.25, 0.3) is 0 Å². The van der Waals surface area contributed by atoms with Gasteiger partial charge >= 0.3 is 0 Å². The fraction of sp³-hybridized carbons (Fsp3) is 0.619. The minimum atomic E-state index is 0.101. The number of benzene rings is 1. The number of hydrogen-bond acceptors (Lipinski definition) is 6. The van der Waals surface area contributed by atoms with Crippen molar-refractivity contribution in [2.45, 2.75) is 45.7 Å². The molecule has 3 heterocycles. The van der Waals surface area contributed by atoms with Gasteiger partial charge in [-0.1, -0.05) is 12.1 Å². The number of anilines is 1. The van der Waals surface area contributed by atoms with Gasteiger partial charge in [-0.25, -0.2) is 4.68 Å². The van der Waals surface area contributed by atoms with Crippen LogP contribution in [0.5, 0.6) is 0 Å². The van der Waals surface area contributed by atoms with E-state index in [1.165, 1.54) is 40.7 Å². The van der Waals surface area contributed by atoms with E-state index < -0.39 is 0 Å². The molecule has 8 nitrogen and oxygen atoms in total. The summed E-state index contributed by atoms with van der Waals surface area (Å²) in [5.41, 5.74) is 4.15. The van der Waals surface area contributed by atoms with Crippen LogP contribution >= 0.6 is 0 Å². The van der Waals surface area contributed by atoms with E-state index in [0.29, 0.717) is 6.04 Å². The molecule has 1 aromatic carbocycles. The number of carbonyl (C=O) groups is 1. The summed E-state index contributed by atoms with van der Waals surface area (Å²) in [4.78, 5) is 19.7. The summed E-state index contributed by atoms with van der Waals surface area (Å²) in [6.07, 6.45) is 4.89. The van der Waals surface area contributed by atoms with E-state index in [1.54, 1.807) is 0 Å². The molecule has 1 amide bonds. The molecule has 0 radical (unpaired) electrons. The minimum Gasteiger partial charge on any atom is -0.371 e. The summed E-state index contributed by atoms with van der Waals surface area (Å²) in [6, 6.07) is 7.23. The van der Waals surface area contributed by atoms with Gasteiger partial charge in [0.05, 0.1) is 0 Å². The Morgan fingerprint density at radius 2 is 1.90 bits per heavy atom. The topological polar surface area (TPSA) is 70.4 Å². The number of hydrogen-bond donors (Lipinski definition) is 0. The molecule has 29 heavy (non-hydrogen) atoms. The lowest BCUT2D eigenvalue weighted by atomic mass is 10.00. The van der Waals surface area contributed by atoms with Gasteiger partial charge in [-0.05, 0) is 60.7 Å². The highest BCUT2D eigenvalue weighted by Crippen LogP contribution is 2.27. The van der Waals surface area contributed by atoms with Crippen LogP contribution in [-0.4, -0.2) is 81.2 Å². The molecule has 156 valence electrons. The van der Waals surface area contributed by atoms with Crippen molar-refractivity contribution in [3.8, 4) is 0 Å². The van der Waals surface area contributed by atoms with Crippen LogP contribution in [0, 0.1) is 13.8 Å². The third-order valence-electron chi connectivity index (χ3n) is 6.47. The normalized spacial score (nSPS) is 19.4. The second kappa shape index (κ2) is 8.90. The van der Waals surface area contributed by atoms with Crippen molar-refractivity contribution in [2.24, 2.45) is 0 Å². The number of aryl methyl sites for hydroxylation is 1. The van der Waals surface area contributed by atoms with Crippen molar-refractivity contribution in [2.75, 3.05) is 44.2 Å². The summed E-state index contributed by atoms with van der Waals surface area (Å²) in [7, 11) is 0. The summed E-state index contributed by atoms with van der Waals surface area (Å²) in [5, 5.41) is 11.0. The van der Waals surface area contributed by atoms with Crippen LogP contribution in [0.1, 0.15) is 30.4 Å². The number of carbonyl (C=O) groups excluding carboxylic acids is 1. The molecule has 0 N–H and O–H groups in total. The largest absolute Gasteiger partial charge is 0.371 e. The molecule has 0 bridgehead atoms. The molecular weight excluding hydrogens is 366 g/mol. The van der Waals surface area contributed by atoms with Crippen molar-refractivity contribution in [1.29, 1.82) is 0 Å². The van der Waals surface area contributed by atoms with E-state index in [9.17, 15) is 4.79 Å². The van der Waals surface area contributed by atoms with Gasteiger partial charge in [0.25, 0.3) is 0 Å². The maximum atomic E-state index is 12.5. The van der Waals surface area contributed by atoms with E-state index in [1.807, 2.05) is 4.90 Å². The van der Waals surface area contributed by atoms with Gasteiger partial charge in [-0.3, -0.25) is 9.69 Å². The van der Waals surface area contributed by atoms with Crippen molar-refractivity contribution in [3.05, 3.63) is 35.7 Å². The van der Waals surface area contributed by atoms with Crippen LogP contribution in [-0.2, 0) is 11.3 Å². The van der Waals surface area contributed by atoms with Crippen molar-refractivity contribution in [1.82, 2.24) is 30.0 Å². The SMILES string of the molecule is Cc1cccc(N2CCC(N3CCCN(C(=O)Cn4cnnn4)CC3)CC2)c1C. The molecule has 2 aliphatic heterocycles. The standard InChI is InChI=1S/C21H31N7O/c1-17-5-3-6-20(18(17)2)26-11-7-19(8-12-26)25-9-4-10-27(14-13-25)21(29)15-28-16-22-23-24-28/h3,5-6,16,19H,4,7-15H2,1-2H3.